The molecule has 0 aliphatic carbocycles. The van der Waals surface area contributed by atoms with Crippen LogP contribution in [0.25, 0.3) is 0 Å². The van der Waals surface area contributed by atoms with Crippen molar-refractivity contribution < 1.29 is 28.6 Å². The Kier molecular flexibility index (Phi) is 5.33. The molecule has 1 heterocycles. The molecule has 0 aromatic rings. The molecule has 0 fully saturated rings. The first-order valence-corrected chi connectivity index (χ1v) is 6.04. The largest absolute Gasteiger partial charge is 0.493 e. The van der Waals surface area contributed by atoms with Crippen molar-refractivity contribution in [2.75, 3.05) is 13.2 Å². The zero-order valence-corrected chi connectivity index (χ0v) is 11.1. The predicted octanol–water partition coefficient (Wildman–Crippen LogP) is 1.14. The molecule has 1 aliphatic heterocycles. The van der Waals surface area contributed by atoms with Gasteiger partial charge in [-0.2, -0.15) is 0 Å². The number of carbonyl (C=O) groups excluding carboxylic acids is 3. The highest BCUT2D eigenvalue weighted by molar-refractivity contribution is 6.05. The third-order valence-corrected chi connectivity index (χ3v) is 2.46. The van der Waals surface area contributed by atoms with Gasteiger partial charge in [-0.05, 0) is 20.3 Å². The van der Waals surface area contributed by atoms with Crippen molar-refractivity contribution in [2.45, 2.75) is 27.2 Å². The van der Waals surface area contributed by atoms with Gasteiger partial charge in [0.25, 0.3) is 0 Å². The molecule has 1 atom stereocenters. The summed E-state index contributed by atoms with van der Waals surface area (Å²) >= 11 is 0. The second-order valence-corrected chi connectivity index (χ2v) is 3.86. The summed E-state index contributed by atoms with van der Waals surface area (Å²) in [5.41, 5.74) is -0.421. The zero-order valence-electron chi connectivity index (χ0n) is 11.1. The number of esters is 2. The maximum atomic E-state index is 12.0. The SMILES string of the molecule is CCCOC(=O)C1C(=C=O)C(=O)OC(C)=C1OCC. The molecule has 1 aliphatic rings. The van der Waals surface area contributed by atoms with Gasteiger partial charge >= 0.3 is 11.9 Å². The third-order valence-electron chi connectivity index (χ3n) is 2.46. The monoisotopic (exact) mass is 268 g/mol. The molecule has 1 unspecified atom stereocenters. The van der Waals surface area contributed by atoms with Crippen molar-refractivity contribution in [1.29, 1.82) is 0 Å². The van der Waals surface area contributed by atoms with Gasteiger partial charge in [-0.25, -0.2) is 9.59 Å². The summed E-state index contributed by atoms with van der Waals surface area (Å²) in [5, 5.41) is 0. The highest BCUT2D eigenvalue weighted by Crippen LogP contribution is 2.31. The van der Waals surface area contributed by atoms with Crippen molar-refractivity contribution in [3.05, 3.63) is 17.1 Å². The molecule has 1 rings (SSSR count). The summed E-state index contributed by atoms with van der Waals surface area (Å²) < 4.78 is 15.1. The molecule has 0 aromatic heterocycles. The number of allylic oxidation sites excluding steroid dienone is 1. The van der Waals surface area contributed by atoms with Gasteiger partial charge in [0, 0.05) is 0 Å². The summed E-state index contributed by atoms with van der Waals surface area (Å²) in [7, 11) is 0. The van der Waals surface area contributed by atoms with Crippen LogP contribution in [0.4, 0.5) is 0 Å². The van der Waals surface area contributed by atoms with Crippen molar-refractivity contribution in [1.82, 2.24) is 0 Å². The van der Waals surface area contributed by atoms with Crippen molar-refractivity contribution in [3.8, 4) is 0 Å². The first kappa shape index (κ1) is 15.0. The number of hydrogen-bond acceptors (Lipinski definition) is 6. The van der Waals surface area contributed by atoms with Gasteiger partial charge in [0.15, 0.2) is 11.7 Å². The van der Waals surface area contributed by atoms with Crippen LogP contribution in [0, 0.1) is 5.92 Å². The van der Waals surface area contributed by atoms with Crippen LogP contribution in [0.2, 0.25) is 0 Å². The summed E-state index contributed by atoms with van der Waals surface area (Å²) in [5.74, 6) is -1.06. The molecule has 0 saturated heterocycles. The van der Waals surface area contributed by atoms with E-state index >= 15 is 0 Å². The fourth-order valence-corrected chi connectivity index (χ4v) is 1.65. The van der Waals surface area contributed by atoms with Crippen molar-refractivity contribution in [3.63, 3.8) is 0 Å². The number of hydrogen-bond donors (Lipinski definition) is 0. The average molecular weight is 268 g/mol. The highest BCUT2D eigenvalue weighted by atomic mass is 16.6. The van der Waals surface area contributed by atoms with Gasteiger partial charge in [-0.3, -0.25) is 4.79 Å². The summed E-state index contributed by atoms with van der Waals surface area (Å²) in [4.78, 5) is 34.4. The lowest BCUT2D eigenvalue weighted by Crippen LogP contribution is -2.33. The highest BCUT2D eigenvalue weighted by Gasteiger charge is 2.41. The van der Waals surface area contributed by atoms with E-state index < -0.39 is 23.4 Å². The maximum Gasteiger partial charge on any atom is 0.351 e. The van der Waals surface area contributed by atoms with E-state index in [9.17, 15) is 14.4 Å². The van der Waals surface area contributed by atoms with Gasteiger partial charge in [-0.15, -0.1) is 0 Å². The van der Waals surface area contributed by atoms with E-state index in [-0.39, 0.29) is 24.7 Å². The molecule has 0 spiro atoms. The molecule has 0 radical (unpaired) electrons. The first-order valence-electron chi connectivity index (χ1n) is 6.04. The molecule has 19 heavy (non-hydrogen) atoms. The van der Waals surface area contributed by atoms with E-state index in [0.717, 1.165) is 0 Å². The average Bonchev–Trinajstić information content (AvgIpc) is 2.38. The van der Waals surface area contributed by atoms with Gasteiger partial charge in [0.05, 0.1) is 13.2 Å². The minimum atomic E-state index is -1.19. The van der Waals surface area contributed by atoms with Crippen LogP contribution < -0.4 is 0 Å². The van der Waals surface area contributed by atoms with E-state index in [1.54, 1.807) is 6.92 Å². The Labute approximate surface area is 111 Å². The quantitative estimate of drug-likeness (QED) is 0.422. The Hall–Kier alpha value is -2.07. The Bertz CT molecular complexity index is 456. The Balaban J connectivity index is 3.15. The molecule has 104 valence electrons. The van der Waals surface area contributed by atoms with E-state index in [0.29, 0.717) is 6.42 Å². The van der Waals surface area contributed by atoms with E-state index in [1.165, 1.54) is 12.9 Å². The number of cyclic esters (lactones) is 1. The minimum absolute atomic E-state index is 0.126. The second kappa shape index (κ2) is 6.75. The maximum absolute atomic E-state index is 12.0. The lowest BCUT2D eigenvalue weighted by atomic mass is 9.95. The smallest absolute Gasteiger partial charge is 0.351 e. The molecule has 0 saturated carbocycles. The topological polar surface area (TPSA) is 78.9 Å². The Morgan fingerprint density at radius 3 is 2.63 bits per heavy atom. The van der Waals surface area contributed by atoms with Gasteiger partial charge in [0.2, 0.25) is 0 Å². The predicted molar refractivity (Wildman–Crippen MR) is 64.4 cm³/mol. The molecule has 6 heteroatoms. The van der Waals surface area contributed by atoms with Gasteiger partial charge < -0.3 is 14.2 Å². The van der Waals surface area contributed by atoms with Crippen LogP contribution in [-0.4, -0.2) is 31.1 Å². The van der Waals surface area contributed by atoms with Crippen LogP contribution >= 0.6 is 0 Å². The molecular weight excluding hydrogens is 252 g/mol. The minimum Gasteiger partial charge on any atom is -0.493 e. The fourth-order valence-electron chi connectivity index (χ4n) is 1.65. The molecule has 0 aromatic carbocycles. The van der Waals surface area contributed by atoms with E-state index in [1.807, 2.05) is 6.92 Å². The number of carbonyl (C=O) groups is 2. The van der Waals surface area contributed by atoms with Gasteiger partial charge in [-0.1, -0.05) is 6.92 Å². The van der Waals surface area contributed by atoms with Crippen LogP contribution in [0.5, 0.6) is 0 Å². The van der Waals surface area contributed by atoms with Crippen LogP contribution in [-0.2, 0) is 28.6 Å². The van der Waals surface area contributed by atoms with Crippen molar-refractivity contribution >= 4 is 17.9 Å². The molecule has 0 N–H and O–H groups in total. The molecular formula is C13H16O6. The number of ether oxygens (including phenoxy) is 3. The second-order valence-electron chi connectivity index (χ2n) is 3.86. The van der Waals surface area contributed by atoms with Crippen LogP contribution in [0.1, 0.15) is 27.2 Å². The summed E-state index contributed by atoms with van der Waals surface area (Å²) in [6, 6.07) is 0. The van der Waals surface area contributed by atoms with Gasteiger partial charge in [0.1, 0.15) is 17.3 Å². The fraction of sp³-hybridized carbons (Fsp3) is 0.538. The van der Waals surface area contributed by atoms with E-state index in [4.69, 9.17) is 14.2 Å². The van der Waals surface area contributed by atoms with E-state index in [2.05, 4.69) is 0 Å². The normalized spacial score (nSPS) is 18.8. The molecule has 6 nitrogen and oxygen atoms in total. The first-order chi connectivity index (χ1) is 9.06. The van der Waals surface area contributed by atoms with Crippen LogP contribution in [0.3, 0.4) is 0 Å². The van der Waals surface area contributed by atoms with Crippen molar-refractivity contribution in [2.24, 2.45) is 5.92 Å². The lowest BCUT2D eigenvalue weighted by molar-refractivity contribution is -0.151. The standard InChI is InChI=1S/C13H16O6/c1-4-6-18-13(16)10-9(7-14)12(15)19-8(3)11(10)17-5-2/h10H,4-6H2,1-3H3. The molecule has 0 amide bonds. The molecule has 0 bridgehead atoms. The Morgan fingerprint density at radius 2 is 2.11 bits per heavy atom. The van der Waals surface area contributed by atoms with Crippen LogP contribution in [0.15, 0.2) is 17.1 Å². The third kappa shape index (κ3) is 3.23. The zero-order chi connectivity index (χ0) is 14.4. The summed E-state index contributed by atoms with van der Waals surface area (Å²) in [6.07, 6.45) is 0.635. The number of rotatable bonds is 5. The summed E-state index contributed by atoms with van der Waals surface area (Å²) in [6.45, 7) is 5.52. The lowest BCUT2D eigenvalue weighted by Gasteiger charge is -2.24. The Morgan fingerprint density at radius 1 is 1.42 bits per heavy atom.